The van der Waals surface area contributed by atoms with Gasteiger partial charge in [0.2, 0.25) is 0 Å². The van der Waals surface area contributed by atoms with Crippen LogP contribution >= 0.6 is 0 Å². The Balaban J connectivity index is 1.46. The molecule has 0 atom stereocenters. The molecule has 0 unspecified atom stereocenters. The first-order valence-corrected chi connectivity index (χ1v) is 11.3. The summed E-state index contributed by atoms with van der Waals surface area (Å²) >= 11 is 0. The smallest absolute Gasteiger partial charge is 0.261 e. The molecular formula is C23H19N7O2S. The highest BCUT2D eigenvalue weighted by Crippen LogP contribution is 2.22. The summed E-state index contributed by atoms with van der Waals surface area (Å²) in [5.74, 6) is 2.41. The molecule has 0 saturated heterocycles. The number of anilines is 5. The van der Waals surface area contributed by atoms with Crippen LogP contribution in [0.25, 0.3) is 0 Å². The molecule has 0 spiro atoms. The van der Waals surface area contributed by atoms with Crippen LogP contribution in [0.5, 0.6) is 0 Å². The molecule has 164 valence electrons. The van der Waals surface area contributed by atoms with Crippen molar-refractivity contribution in [1.82, 2.24) is 15.0 Å². The average molecular weight is 458 g/mol. The Morgan fingerprint density at radius 3 is 2.12 bits per heavy atom. The van der Waals surface area contributed by atoms with Crippen LogP contribution in [0.4, 0.5) is 28.8 Å². The highest BCUT2D eigenvalue weighted by Gasteiger charge is 2.14. The first kappa shape index (κ1) is 21.7. The van der Waals surface area contributed by atoms with Crippen LogP contribution in [-0.4, -0.2) is 23.4 Å². The van der Waals surface area contributed by atoms with Gasteiger partial charge in [0.1, 0.15) is 23.3 Å². The number of aromatic nitrogens is 3. The molecule has 0 aliphatic carbocycles. The number of pyridine rings is 1. The lowest BCUT2D eigenvalue weighted by molar-refractivity contribution is 0.601. The normalized spacial score (nSPS) is 10.8. The van der Waals surface area contributed by atoms with Crippen LogP contribution in [0, 0.1) is 18.3 Å². The van der Waals surface area contributed by atoms with Gasteiger partial charge in [-0.1, -0.05) is 6.07 Å². The number of rotatable bonds is 7. The number of hydrogen-bond donors (Lipinski definition) is 3. The van der Waals surface area contributed by atoms with Gasteiger partial charge in [-0.3, -0.25) is 4.72 Å². The van der Waals surface area contributed by atoms with Gasteiger partial charge >= 0.3 is 0 Å². The maximum atomic E-state index is 12.6. The second-order valence-electron chi connectivity index (χ2n) is 6.97. The Hall–Kier alpha value is -4.49. The molecule has 2 heterocycles. The second kappa shape index (κ2) is 9.33. The molecule has 2 aromatic carbocycles. The van der Waals surface area contributed by atoms with Gasteiger partial charge < -0.3 is 10.6 Å². The summed E-state index contributed by atoms with van der Waals surface area (Å²) in [6.07, 6.45) is 1.69. The van der Waals surface area contributed by atoms with E-state index in [1.165, 1.54) is 24.3 Å². The van der Waals surface area contributed by atoms with E-state index in [1.807, 2.05) is 24.3 Å². The standard InChI is InChI=1S/C23H19N7O2S/c1-16-26-22(14-23(27-16)29-21-4-2-3-13-25-21)28-18-7-9-19(10-8-18)30-33(31,32)20-11-5-17(15-24)6-12-20/h2-14,30H,1H3,(H2,25,26,27,28,29). The van der Waals surface area contributed by atoms with Crippen molar-refractivity contribution in [2.24, 2.45) is 0 Å². The number of aryl methyl sites for hydroxylation is 1. The van der Waals surface area contributed by atoms with Crippen LogP contribution in [0.1, 0.15) is 11.4 Å². The fourth-order valence-electron chi connectivity index (χ4n) is 2.96. The van der Waals surface area contributed by atoms with Crippen molar-refractivity contribution in [1.29, 1.82) is 5.26 Å². The number of nitrogens with zero attached hydrogens (tertiary/aromatic N) is 4. The van der Waals surface area contributed by atoms with Crippen molar-refractivity contribution in [2.45, 2.75) is 11.8 Å². The lowest BCUT2D eigenvalue weighted by atomic mass is 10.2. The van der Waals surface area contributed by atoms with Crippen molar-refractivity contribution in [2.75, 3.05) is 15.4 Å². The molecule has 33 heavy (non-hydrogen) atoms. The van der Waals surface area contributed by atoms with E-state index in [0.717, 1.165) is 5.69 Å². The molecule has 9 nitrogen and oxygen atoms in total. The van der Waals surface area contributed by atoms with E-state index >= 15 is 0 Å². The van der Waals surface area contributed by atoms with Crippen LogP contribution in [0.2, 0.25) is 0 Å². The number of benzene rings is 2. The Labute approximate surface area is 191 Å². The zero-order valence-electron chi connectivity index (χ0n) is 17.5. The fraction of sp³-hybridized carbons (Fsp3) is 0.0435. The van der Waals surface area contributed by atoms with E-state index in [2.05, 4.69) is 30.3 Å². The fourth-order valence-corrected chi connectivity index (χ4v) is 4.01. The third-order valence-electron chi connectivity index (χ3n) is 4.46. The third kappa shape index (κ3) is 5.61. The van der Waals surface area contributed by atoms with Gasteiger partial charge in [-0.2, -0.15) is 5.26 Å². The number of hydrogen-bond acceptors (Lipinski definition) is 8. The van der Waals surface area contributed by atoms with Crippen LogP contribution < -0.4 is 15.4 Å². The summed E-state index contributed by atoms with van der Waals surface area (Å²) in [6.45, 7) is 1.79. The van der Waals surface area contributed by atoms with Crippen LogP contribution in [0.3, 0.4) is 0 Å². The van der Waals surface area contributed by atoms with E-state index in [0.29, 0.717) is 34.5 Å². The molecule has 4 rings (SSSR count). The van der Waals surface area contributed by atoms with Gasteiger partial charge in [-0.15, -0.1) is 0 Å². The van der Waals surface area contributed by atoms with Crippen molar-refractivity contribution in [3.05, 3.63) is 90.4 Å². The molecule has 0 bridgehead atoms. The Bertz CT molecular complexity index is 1400. The molecular weight excluding hydrogens is 438 g/mol. The molecule has 0 fully saturated rings. The second-order valence-corrected chi connectivity index (χ2v) is 8.65. The van der Waals surface area contributed by atoms with Crippen molar-refractivity contribution in [3.63, 3.8) is 0 Å². The number of nitriles is 1. The zero-order valence-corrected chi connectivity index (χ0v) is 18.3. The predicted molar refractivity (Wildman–Crippen MR) is 126 cm³/mol. The molecule has 4 aromatic rings. The molecule has 0 radical (unpaired) electrons. The predicted octanol–water partition coefficient (Wildman–Crippen LogP) is 4.34. The third-order valence-corrected chi connectivity index (χ3v) is 5.86. The quantitative estimate of drug-likeness (QED) is 0.373. The lowest BCUT2D eigenvalue weighted by Crippen LogP contribution is -2.12. The van der Waals surface area contributed by atoms with Gasteiger partial charge in [0.25, 0.3) is 10.0 Å². The first-order chi connectivity index (χ1) is 15.9. The van der Waals surface area contributed by atoms with Gasteiger partial charge in [0.05, 0.1) is 16.5 Å². The Kier molecular flexibility index (Phi) is 6.15. The van der Waals surface area contributed by atoms with Gasteiger partial charge in [-0.05, 0) is 67.6 Å². The highest BCUT2D eigenvalue weighted by molar-refractivity contribution is 7.92. The minimum absolute atomic E-state index is 0.0769. The average Bonchev–Trinajstić information content (AvgIpc) is 2.80. The topological polar surface area (TPSA) is 133 Å². The van der Waals surface area contributed by atoms with Crippen molar-refractivity contribution in [3.8, 4) is 6.07 Å². The molecule has 0 amide bonds. The molecule has 3 N–H and O–H groups in total. The highest BCUT2D eigenvalue weighted by atomic mass is 32.2. The van der Waals surface area contributed by atoms with Crippen LogP contribution in [-0.2, 0) is 10.0 Å². The maximum absolute atomic E-state index is 12.6. The minimum atomic E-state index is -3.77. The Morgan fingerprint density at radius 1 is 0.818 bits per heavy atom. The number of sulfonamides is 1. The summed E-state index contributed by atoms with van der Waals surface area (Å²) in [5.41, 5.74) is 1.52. The van der Waals surface area contributed by atoms with E-state index < -0.39 is 10.0 Å². The minimum Gasteiger partial charge on any atom is -0.340 e. The molecule has 0 aliphatic heterocycles. The first-order valence-electron chi connectivity index (χ1n) is 9.85. The van der Waals surface area contributed by atoms with Gasteiger partial charge in [-0.25, -0.2) is 23.4 Å². The monoisotopic (exact) mass is 457 g/mol. The van der Waals surface area contributed by atoms with E-state index in [4.69, 9.17) is 5.26 Å². The van der Waals surface area contributed by atoms with E-state index in [-0.39, 0.29) is 4.90 Å². The zero-order chi connectivity index (χ0) is 23.3. The summed E-state index contributed by atoms with van der Waals surface area (Å²) in [6, 6.07) is 21.7. The summed E-state index contributed by atoms with van der Waals surface area (Å²) in [5, 5.41) is 15.2. The largest absolute Gasteiger partial charge is 0.340 e. The van der Waals surface area contributed by atoms with Crippen molar-refractivity contribution >= 4 is 38.9 Å². The van der Waals surface area contributed by atoms with E-state index in [1.54, 1.807) is 43.5 Å². The van der Waals surface area contributed by atoms with Gasteiger partial charge in [0.15, 0.2) is 0 Å². The molecule has 0 saturated carbocycles. The molecule has 0 aliphatic rings. The number of nitrogens with one attached hydrogen (secondary N) is 3. The maximum Gasteiger partial charge on any atom is 0.261 e. The SMILES string of the molecule is Cc1nc(Nc2ccc(NS(=O)(=O)c3ccc(C#N)cc3)cc2)cc(Nc2ccccn2)n1. The molecule has 10 heteroatoms. The summed E-state index contributed by atoms with van der Waals surface area (Å²) < 4.78 is 27.7. The van der Waals surface area contributed by atoms with Crippen molar-refractivity contribution < 1.29 is 8.42 Å². The van der Waals surface area contributed by atoms with Gasteiger partial charge in [0, 0.05) is 23.6 Å². The van der Waals surface area contributed by atoms with E-state index in [9.17, 15) is 8.42 Å². The summed E-state index contributed by atoms with van der Waals surface area (Å²) in [4.78, 5) is 13.1. The van der Waals surface area contributed by atoms with Crippen LogP contribution in [0.15, 0.2) is 83.9 Å². The lowest BCUT2D eigenvalue weighted by Gasteiger charge is -2.11. The molecule has 2 aromatic heterocycles. The Morgan fingerprint density at radius 2 is 1.48 bits per heavy atom. The summed E-state index contributed by atoms with van der Waals surface area (Å²) in [7, 11) is -3.77.